The highest BCUT2D eigenvalue weighted by molar-refractivity contribution is 5.71. The van der Waals surface area contributed by atoms with Gasteiger partial charge in [0.2, 0.25) is 0 Å². The van der Waals surface area contributed by atoms with Gasteiger partial charge in [-0.05, 0) is 5.56 Å². The van der Waals surface area contributed by atoms with E-state index in [4.69, 9.17) is 10.8 Å². The summed E-state index contributed by atoms with van der Waals surface area (Å²) in [6.07, 6.45) is -3.00. The van der Waals surface area contributed by atoms with Crippen molar-refractivity contribution in [3.8, 4) is 0 Å². The molecule has 1 rings (SSSR count). The monoisotopic (exact) mass is 220 g/mol. The summed E-state index contributed by atoms with van der Waals surface area (Å²) in [5.41, 5.74) is 3.62. The highest BCUT2D eigenvalue weighted by Gasteiger charge is 2.22. The van der Waals surface area contributed by atoms with Gasteiger partial charge in [0.05, 0.1) is 12.0 Å². The maximum absolute atomic E-state index is 13.1. The number of hydrogen-bond donors (Lipinski definition) is 2. The Morgan fingerprint density at radius 2 is 2.20 bits per heavy atom. The van der Waals surface area contributed by atoms with Gasteiger partial charge in [-0.3, -0.25) is 4.79 Å². The number of carbonyl (C=O) groups is 1. The Labute approximate surface area is 82.5 Å². The number of anilines is 1. The molecule has 0 aromatic carbocycles. The Hall–Kier alpha value is -1.79. The molecule has 1 aromatic rings. The second-order valence-corrected chi connectivity index (χ2v) is 2.77. The molecule has 0 unspecified atom stereocenters. The summed E-state index contributed by atoms with van der Waals surface area (Å²) < 4.78 is 37.9. The van der Waals surface area contributed by atoms with Crippen molar-refractivity contribution < 1.29 is 23.1 Å². The average molecular weight is 220 g/mol. The maximum Gasteiger partial charge on any atom is 0.307 e. The lowest BCUT2D eigenvalue weighted by atomic mass is 10.1. The lowest BCUT2D eigenvalue weighted by Gasteiger charge is -2.08. The predicted molar refractivity (Wildman–Crippen MR) is 44.9 cm³/mol. The number of aliphatic carboxylic acids is 1. The summed E-state index contributed by atoms with van der Waals surface area (Å²) in [6.45, 7) is 0. The molecule has 7 heteroatoms. The number of nitrogen functional groups attached to an aromatic ring is 1. The molecule has 0 radical (unpaired) electrons. The Bertz CT molecular complexity index is 396. The number of aromatic nitrogens is 1. The molecule has 0 atom stereocenters. The molecule has 82 valence electrons. The van der Waals surface area contributed by atoms with E-state index in [1.807, 2.05) is 0 Å². The van der Waals surface area contributed by atoms with Crippen LogP contribution in [0, 0.1) is 5.82 Å². The van der Waals surface area contributed by atoms with Crippen LogP contribution in [0.2, 0.25) is 0 Å². The molecule has 0 aliphatic carbocycles. The van der Waals surface area contributed by atoms with Gasteiger partial charge >= 0.3 is 5.97 Å². The van der Waals surface area contributed by atoms with Crippen molar-refractivity contribution in [1.82, 2.24) is 4.98 Å². The first kappa shape index (κ1) is 11.3. The van der Waals surface area contributed by atoms with Crippen LogP contribution in [0.25, 0.3) is 0 Å². The highest BCUT2D eigenvalue weighted by atomic mass is 19.3. The van der Waals surface area contributed by atoms with E-state index in [0.29, 0.717) is 0 Å². The fourth-order valence-electron chi connectivity index (χ4n) is 1.09. The Morgan fingerprint density at radius 3 is 2.67 bits per heavy atom. The molecule has 0 aliphatic rings. The Kier molecular flexibility index (Phi) is 3.13. The topological polar surface area (TPSA) is 76.2 Å². The molecule has 0 spiro atoms. The van der Waals surface area contributed by atoms with E-state index in [0.717, 1.165) is 6.20 Å². The van der Waals surface area contributed by atoms with Crippen molar-refractivity contribution in [3.05, 3.63) is 23.1 Å². The molecular weight excluding hydrogens is 213 g/mol. The van der Waals surface area contributed by atoms with Crippen molar-refractivity contribution in [2.75, 3.05) is 5.73 Å². The largest absolute Gasteiger partial charge is 0.481 e. The molecule has 0 fully saturated rings. The fourth-order valence-corrected chi connectivity index (χ4v) is 1.09. The van der Waals surface area contributed by atoms with Gasteiger partial charge in [0.15, 0.2) is 11.6 Å². The number of halogens is 3. The third-order valence-corrected chi connectivity index (χ3v) is 1.73. The third-order valence-electron chi connectivity index (χ3n) is 1.73. The third kappa shape index (κ3) is 2.36. The van der Waals surface area contributed by atoms with Crippen LogP contribution in [0.1, 0.15) is 17.6 Å². The first-order valence-corrected chi connectivity index (χ1v) is 3.86. The van der Waals surface area contributed by atoms with Crippen LogP contribution < -0.4 is 5.73 Å². The molecule has 0 saturated carbocycles. The first-order chi connectivity index (χ1) is 6.93. The fraction of sp³-hybridized carbons (Fsp3) is 0.250. The number of alkyl halides is 2. The van der Waals surface area contributed by atoms with Crippen molar-refractivity contribution in [1.29, 1.82) is 0 Å². The number of nitrogens with two attached hydrogens (primary N) is 1. The van der Waals surface area contributed by atoms with Crippen LogP contribution in [0.4, 0.5) is 19.0 Å². The molecule has 0 bridgehead atoms. The molecule has 3 N–H and O–H groups in total. The lowest BCUT2D eigenvalue weighted by molar-refractivity contribution is -0.136. The highest BCUT2D eigenvalue weighted by Crippen LogP contribution is 2.28. The minimum absolute atomic E-state index is 0.371. The van der Waals surface area contributed by atoms with Gasteiger partial charge in [0.25, 0.3) is 6.43 Å². The van der Waals surface area contributed by atoms with Gasteiger partial charge < -0.3 is 10.8 Å². The van der Waals surface area contributed by atoms with Gasteiger partial charge in [-0.2, -0.15) is 0 Å². The van der Waals surface area contributed by atoms with Gasteiger partial charge in [0.1, 0.15) is 0 Å². The van der Waals surface area contributed by atoms with Gasteiger partial charge in [-0.25, -0.2) is 18.2 Å². The van der Waals surface area contributed by atoms with Crippen LogP contribution in [0.3, 0.4) is 0 Å². The molecule has 0 aliphatic heterocycles. The van der Waals surface area contributed by atoms with E-state index >= 15 is 0 Å². The SMILES string of the molecule is Nc1ncc(CC(=O)O)c(C(F)F)c1F. The average Bonchev–Trinajstić information content (AvgIpc) is 2.10. The van der Waals surface area contributed by atoms with Crippen molar-refractivity contribution in [2.24, 2.45) is 0 Å². The number of hydrogen-bond acceptors (Lipinski definition) is 3. The molecule has 4 nitrogen and oxygen atoms in total. The number of pyridine rings is 1. The molecule has 1 aromatic heterocycles. The minimum atomic E-state index is -3.12. The maximum atomic E-state index is 13.1. The summed E-state index contributed by atoms with van der Waals surface area (Å²) in [7, 11) is 0. The van der Waals surface area contributed by atoms with E-state index in [9.17, 15) is 18.0 Å². The Balaban J connectivity index is 3.26. The molecule has 0 amide bonds. The summed E-state index contributed by atoms with van der Waals surface area (Å²) in [4.78, 5) is 13.6. The molecule has 15 heavy (non-hydrogen) atoms. The van der Waals surface area contributed by atoms with E-state index in [1.54, 1.807) is 0 Å². The van der Waals surface area contributed by atoms with Gasteiger partial charge in [-0.1, -0.05) is 0 Å². The first-order valence-electron chi connectivity index (χ1n) is 3.86. The Morgan fingerprint density at radius 1 is 1.60 bits per heavy atom. The van der Waals surface area contributed by atoms with Crippen LogP contribution in [-0.2, 0) is 11.2 Å². The van der Waals surface area contributed by atoms with Crippen molar-refractivity contribution >= 4 is 11.8 Å². The van der Waals surface area contributed by atoms with Crippen LogP contribution >= 0.6 is 0 Å². The van der Waals surface area contributed by atoms with Gasteiger partial charge in [0, 0.05) is 6.20 Å². The number of nitrogens with zero attached hydrogens (tertiary/aromatic N) is 1. The zero-order chi connectivity index (χ0) is 11.6. The van der Waals surface area contributed by atoms with E-state index < -0.39 is 36.0 Å². The van der Waals surface area contributed by atoms with Gasteiger partial charge in [-0.15, -0.1) is 0 Å². The number of carboxylic acid groups (broad SMARTS) is 1. The van der Waals surface area contributed by atoms with Crippen LogP contribution in [0.15, 0.2) is 6.20 Å². The van der Waals surface area contributed by atoms with E-state index in [2.05, 4.69) is 4.98 Å². The van der Waals surface area contributed by atoms with E-state index in [1.165, 1.54) is 0 Å². The summed E-state index contributed by atoms with van der Waals surface area (Å²) in [5, 5.41) is 8.41. The quantitative estimate of drug-likeness (QED) is 0.806. The van der Waals surface area contributed by atoms with E-state index in [-0.39, 0.29) is 5.56 Å². The minimum Gasteiger partial charge on any atom is -0.481 e. The smallest absolute Gasteiger partial charge is 0.307 e. The summed E-state index contributed by atoms with van der Waals surface area (Å²) in [6, 6.07) is 0. The molecule has 0 saturated heterocycles. The molecule has 1 heterocycles. The summed E-state index contributed by atoms with van der Waals surface area (Å²) >= 11 is 0. The molecular formula is C8H7F3N2O2. The van der Waals surface area contributed by atoms with Crippen LogP contribution in [-0.4, -0.2) is 16.1 Å². The predicted octanol–water partition coefficient (Wildman–Crippen LogP) is 1.37. The lowest BCUT2D eigenvalue weighted by Crippen LogP contribution is -2.09. The number of carboxylic acids is 1. The van der Waals surface area contributed by atoms with Crippen molar-refractivity contribution in [2.45, 2.75) is 12.8 Å². The normalized spacial score (nSPS) is 10.7. The van der Waals surface area contributed by atoms with Crippen molar-refractivity contribution in [3.63, 3.8) is 0 Å². The van der Waals surface area contributed by atoms with Crippen LogP contribution in [0.5, 0.6) is 0 Å². The zero-order valence-electron chi connectivity index (χ0n) is 7.38. The second-order valence-electron chi connectivity index (χ2n) is 2.77. The second kappa shape index (κ2) is 4.16. The number of rotatable bonds is 3. The standard InChI is InChI=1S/C8H7F3N2O2/c9-6-5(7(10)11)3(1-4(14)15)2-13-8(6)12/h2,7H,1H2,(H2,12,13)(H,14,15). The summed E-state index contributed by atoms with van der Waals surface area (Å²) in [5.74, 6) is -3.37. The zero-order valence-corrected chi connectivity index (χ0v) is 7.38.